The standard InChI is InChI=1S/C32H44ClN5O8S2/c1-22-17-38(23(2)20-39)32(40)28-16-26(35-47(41,42)27-12-9-25(33)10-13-27)11-14-29(28)46-24(3)8-6-7-15-45-30(22)18-37(5)48(43,44)31-19-36(4)21-34-31/h9-14,16,19,21-24,30,35,39H,6-8,15,17-18,20H2,1-5H3/t22-,23+,24+,30+/m1/s1. The Bertz CT molecular complexity index is 1770. The molecule has 4 atom stereocenters. The lowest BCUT2D eigenvalue weighted by Crippen LogP contribution is -2.48. The van der Waals surface area contributed by atoms with Crippen LogP contribution < -0.4 is 9.46 Å². The van der Waals surface area contributed by atoms with Crippen LogP contribution in [0, 0.1) is 5.92 Å². The number of nitrogens with one attached hydrogen (secondary N) is 1. The lowest BCUT2D eigenvalue weighted by Gasteiger charge is -2.35. The summed E-state index contributed by atoms with van der Waals surface area (Å²) < 4.78 is 70.7. The lowest BCUT2D eigenvalue weighted by molar-refractivity contribution is -0.00835. The minimum atomic E-state index is -4.02. The number of anilines is 1. The Morgan fingerprint density at radius 3 is 2.48 bits per heavy atom. The number of benzene rings is 2. The second-order valence-electron chi connectivity index (χ2n) is 12.2. The maximum atomic E-state index is 14.3. The van der Waals surface area contributed by atoms with Crippen molar-refractivity contribution < 1.29 is 36.2 Å². The Kier molecular flexibility index (Phi) is 12.5. The molecule has 4 rings (SSSR count). The summed E-state index contributed by atoms with van der Waals surface area (Å²) in [5.74, 6) is -0.610. The molecular weight excluding hydrogens is 682 g/mol. The molecule has 16 heteroatoms. The highest BCUT2D eigenvalue weighted by Gasteiger charge is 2.33. The van der Waals surface area contributed by atoms with Crippen LogP contribution in [0.4, 0.5) is 5.69 Å². The summed E-state index contributed by atoms with van der Waals surface area (Å²) in [6.45, 7) is 5.55. The number of sulfonamides is 2. The molecule has 0 unspecified atom stereocenters. The van der Waals surface area contributed by atoms with Crippen LogP contribution in [-0.4, -0.2) is 98.2 Å². The summed E-state index contributed by atoms with van der Waals surface area (Å²) in [6.07, 6.45) is 4.04. The van der Waals surface area contributed by atoms with Gasteiger partial charge in [-0.1, -0.05) is 18.5 Å². The van der Waals surface area contributed by atoms with Crippen molar-refractivity contribution in [3.05, 3.63) is 65.6 Å². The normalized spacial score (nSPS) is 20.9. The van der Waals surface area contributed by atoms with E-state index in [4.69, 9.17) is 21.1 Å². The van der Waals surface area contributed by atoms with E-state index in [0.29, 0.717) is 24.5 Å². The minimum Gasteiger partial charge on any atom is -0.490 e. The highest BCUT2D eigenvalue weighted by molar-refractivity contribution is 7.92. The van der Waals surface area contributed by atoms with Gasteiger partial charge < -0.3 is 24.0 Å². The van der Waals surface area contributed by atoms with Gasteiger partial charge in [-0.25, -0.2) is 21.8 Å². The van der Waals surface area contributed by atoms with Crippen LogP contribution in [0.25, 0.3) is 0 Å². The second-order valence-corrected chi connectivity index (χ2v) is 16.3. The van der Waals surface area contributed by atoms with E-state index in [1.165, 1.54) is 65.2 Å². The summed E-state index contributed by atoms with van der Waals surface area (Å²) in [4.78, 5) is 19.8. The van der Waals surface area contributed by atoms with Crippen LogP contribution in [-0.2, 0) is 31.8 Å². The van der Waals surface area contributed by atoms with Crippen LogP contribution in [0.1, 0.15) is 50.4 Å². The fourth-order valence-electron chi connectivity index (χ4n) is 5.31. The first-order valence-corrected chi connectivity index (χ1v) is 19.0. The zero-order valence-electron chi connectivity index (χ0n) is 27.7. The monoisotopic (exact) mass is 725 g/mol. The molecule has 2 N–H and O–H groups in total. The number of rotatable bonds is 9. The quantitative estimate of drug-likeness (QED) is 0.333. The lowest BCUT2D eigenvalue weighted by atomic mass is 10.0. The van der Waals surface area contributed by atoms with Gasteiger partial charge in [0.25, 0.3) is 26.0 Å². The molecule has 1 aromatic heterocycles. The van der Waals surface area contributed by atoms with Gasteiger partial charge >= 0.3 is 0 Å². The number of nitrogens with zero attached hydrogens (tertiary/aromatic N) is 4. The molecular formula is C32H44ClN5O8S2. The first kappa shape index (κ1) is 37.6. The molecule has 2 heterocycles. The summed E-state index contributed by atoms with van der Waals surface area (Å²) in [5, 5.41) is 10.5. The van der Waals surface area contributed by atoms with Gasteiger partial charge in [0.15, 0.2) is 5.03 Å². The topological polar surface area (TPSA) is 160 Å². The van der Waals surface area contributed by atoms with Crippen LogP contribution in [0.5, 0.6) is 5.75 Å². The number of aliphatic hydroxyl groups excluding tert-OH is 1. The van der Waals surface area contributed by atoms with Gasteiger partial charge in [0.2, 0.25) is 0 Å². The smallest absolute Gasteiger partial charge is 0.261 e. The third kappa shape index (κ3) is 9.27. The molecule has 1 aliphatic rings. The Balaban J connectivity index is 1.68. The molecule has 2 aromatic carbocycles. The molecule has 13 nitrogen and oxygen atoms in total. The van der Waals surface area contributed by atoms with Gasteiger partial charge in [0.1, 0.15) is 5.75 Å². The molecule has 48 heavy (non-hydrogen) atoms. The molecule has 1 amide bonds. The van der Waals surface area contributed by atoms with E-state index in [0.717, 1.165) is 6.42 Å². The number of fused-ring (bicyclic) bond motifs is 1. The fourth-order valence-corrected chi connectivity index (χ4v) is 7.63. The molecule has 0 spiro atoms. The molecule has 0 bridgehead atoms. The number of aliphatic hydroxyl groups is 1. The third-order valence-electron chi connectivity index (χ3n) is 8.22. The van der Waals surface area contributed by atoms with Crippen molar-refractivity contribution in [2.45, 2.75) is 68.2 Å². The van der Waals surface area contributed by atoms with Gasteiger partial charge in [-0.2, -0.15) is 4.31 Å². The predicted molar refractivity (Wildman–Crippen MR) is 182 cm³/mol. The number of carbonyl (C=O) groups excluding carboxylic acids is 1. The van der Waals surface area contributed by atoms with Gasteiger partial charge in [0, 0.05) is 56.6 Å². The predicted octanol–water partition coefficient (Wildman–Crippen LogP) is 3.99. The number of carbonyl (C=O) groups is 1. The number of amides is 1. The molecule has 0 aliphatic carbocycles. The number of ether oxygens (including phenoxy) is 2. The highest BCUT2D eigenvalue weighted by atomic mass is 35.5. The van der Waals surface area contributed by atoms with Crippen LogP contribution >= 0.6 is 11.6 Å². The summed E-state index contributed by atoms with van der Waals surface area (Å²) >= 11 is 5.94. The molecule has 0 radical (unpaired) electrons. The first-order chi connectivity index (χ1) is 22.6. The van der Waals surface area contributed by atoms with E-state index in [1.807, 2.05) is 13.8 Å². The van der Waals surface area contributed by atoms with Crippen molar-refractivity contribution in [2.24, 2.45) is 13.0 Å². The maximum Gasteiger partial charge on any atom is 0.261 e. The number of halogens is 1. The van der Waals surface area contributed by atoms with Crippen LogP contribution in [0.2, 0.25) is 5.02 Å². The molecule has 0 fully saturated rings. The van der Waals surface area contributed by atoms with Gasteiger partial charge in [0.05, 0.1) is 41.6 Å². The largest absolute Gasteiger partial charge is 0.490 e. The molecule has 3 aromatic rings. The summed E-state index contributed by atoms with van der Waals surface area (Å²) in [5.41, 5.74) is 0.247. The van der Waals surface area contributed by atoms with E-state index in [1.54, 1.807) is 24.6 Å². The van der Waals surface area contributed by atoms with Gasteiger partial charge in [-0.3, -0.25) is 9.52 Å². The number of hydrogen-bond donors (Lipinski definition) is 2. The number of hydrogen-bond acceptors (Lipinski definition) is 9. The minimum absolute atomic E-state index is 0.00232. The van der Waals surface area contributed by atoms with E-state index >= 15 is 0 Å². The van der Waals surface area contributed by atoms with Gasteiger partial charge in [-0.05, 0) is 75.6 Å². The molecule has 264 valence electrons. The third-order valence-corrected chi connectivity index (χ3v) is 11.6. The maximum absolute atomic E-state index is 14.3. The average Bonchev–Trinajstić information content (AvgIpc) is 3.49. The van der Waals surface area contributed by atoms with Crippen LogP contribution in [0.15, 0.2) is 64.9 Å². The van der Waals surface area contributed by atoms with E-state index < -0.39 is 38.1 Å². The van der Waals surface area contributed by atoms with Crippen molar-refractivity contribution in [3.8, 4) is 5.75 Å². The number of aromatic nitrogens is 2. The molecule has 0 saturated carbocycles. The number of aryl methyl sites for hydroxylation is 1. The molecule has 0 saturated heterocycles. The molecule has 1 aliphatic heterocycles. The summed E-state index contributed by atoms with van der Waals surface area (Å²) in [7, 11) is -4.78. The van der Waals surface area contributed by atoms with Crippen LogP contribution in [0.3, 0.4) is 0 Å². The number of imidazole rings is 1. The van der Waals surface area contributed by atoms with Crippen molar-refractivity contribution >= 4 is 43.2 Å². The summed E-state index contributed by atoms with van der Waals surface area (Å²) in [6, 6.07) is 9.55. The zero-order valence-corrected chi connectivity index (χ0v) is 30.1. The average molecular weight is 726 g/mol. The van der Waals surface area contributed by atoms with E-state index in [-0.39, 0.29) is 58.6 Å². The van der Waals surface area contributed by atoms with Crippen molar-refractivity contribution in [1.29, 1.82) is 0 Å². The second kappa shape index (κ2) is 16.0. The van der Waals surface area contributed by atoms with Crippen molar-refractivity contribution in [3.63, 3.8) is 0 Å². The Morgan fingerprint density at radius 1 is 1.12 bits per heavy atom. The number of likely N-dealkylation sites (N-methyl/N-ethyl adjacent to an activating group) is 1. The Labute approximate surface area is 287 Å². The van der Waals surface area contributed by atoms with E-state index in [2.05, 4.69) is 9.71 Å². The zero-order chi connectivity index (χ0) is 35.2. The first-order valence-electron chi connectivity index (χ1n) is 15.7. The van der Waals surface area contributed by atoms with Crippen molar-refractivity contribution in [2.75, 3.05) is 38.1 Å². The van der Waals surface area contributed by atoms with Crippen molar-refractivity contribution in [1.82, 2.24) is 18.8 Å². The fraction of sp³-hybridized carbons (Fsp3) is 0.500. The Morgan fingerprint density at radius 2 is 1.83 bits per heavy atom. The Hall–Kier alpha value is -3.21. The SMILES string of the molecule is C[C@@H]1CN([C@@H](C)CO)C(=O)c2cc(NS(=O)(=O)c3ccc(Cl)cc3)ccc2O[C@@H](C)CCCCO[C@H]1CN(C)S(=O)(=O)c1cn(C)cn1. The highest BCUT2D eigenvalue weighted by Crippen LogP contribution is 2.30. The van der Waals surface area contributed by atoms with Gasteiger partial charge in [-0.15, -0.1) is 0 Å². The van der Waals surface area contributed by atoms with E-state index in [9.17, 15) is 26.7 Å².